The number of hydrogen-bond donors (Lipinski definition) is 0. The van der Waals surface area contributed by atoms with Gasteiger partial charge in [-0.25, -0.2) is 4.99 Å². The first-order valence-corrected chi connectivity index (χ1v) is 6.84. The fraction of sp³-hybridized carbons (Fsp3) is 0.500. The fourth-order valence-electron chi connectivity index (χ4n) is 2.10. The zero-order chi connectivity index (χ0) is 14.7. The van der Waals surface area contributed by atoms with Crippen LogP contribution in [-0.2, 0) is 6.54 Å². The average molecular weight is 426 g/mol. The molecule has 0 aliphatic carbocycles. The number of guanidine groups is 1. The molecule has 0 fully saturated rings. The van der Waals surface area contributed by atoms with Crippen LogP contribution < -0.4 is 9.47 Å². The summed E-state index contributed by atoms with van der Waals surface area (Å²) in [5.74, 6) is 2.23. The smallest absolute Gasteiger partial charge is 0.195 e. The first-order valence-electron chi connectivity index (χ1n) is 6.46. The Hall–Kier alpha value is -0.890. The molecule has 1 aromatic rings. The quantitative estimate of drug-likeness (QED) is 0.415. The third-order valence-corrected chi connectivity index (χ3v) is 3.14. The molecule has 7 heteroatoms. The van der Waals surface area contributed by atoms with E-state index in [9.17, 15) is 0 Å². The van der Waals surface area contributed by atoms with Crippen LogP contribution in [0.4, 0.5) is 0 Å². The Kier molecular flexibility index (Phi) is 6.86. The third kappa shape index (κ3) is 4.54. The van der Waals surface area contributed by atoms with Crippen LogP contribution in [0.3, 0.4) is 0 Å². The molecule has 0 saturated heterocycles. The molecule has 0 radical (unpaired) electrons. The van der Waals surface area contributed by atoms with E-state index in [0.29, 0.717) is 36.3 Å². The van der Waals surface area contributed by atoms with E-state index in [1.807, 2.05) is 50.1 Å². The van der Waals surface area contributed by atoms with Gasteiger partial charge in [0.2, 0.25) is 0 Å². The highest BCUT2D eigenvalue weighted by Crippen LogP contribution is 2.38. The van der Waals surface area contributed by atoms with Crippen LogP contribution in [0, 0.1) is 0 Å². The number of rotatable bonds is 2. The van der Waals surface area contributed by atoms with Gasteiger partial charge in [0.25, 0.3) is 0 Å². The Morgan fingerprint density at radius 3 is 2.38 bits per heavy atom. The Morgan fingerprint density at radius 2 is 1.76 bits per heavy atom. The van der Waals surface area contributed by atoms with Crippen molar-refractivity contribution in [3.05, 3.63) is 22.7 Å². The molecule has 0 N–H and O–H groups in total. The molecule has 2 rings (SSSR count). The van der Waals surface area contributed by atoms with Crippen LogP contribution in [0.5, 0.6) is 11.5 Å². The molecule has 5 nitrogen and oxygen atoms in total. The average Bonchev–Trinajstić information content (AvgIpc) is 2.38. The van der Waals surface area contributed by atoms with Gasteiger partial charge in [0.05, 0.1) is 11.6 Å². The highest BCUT2D eigenvalue weighted by Gasteiger charge is 2.16. The Bertz CT molecular complexity index is 511. The van der Waals surface area contributed by atoms with Gasteiger partial charge in [-0.2, -0.15) is 0 Å². The van der Waals surface area contributed by atoms with Gasteiger partial charge in [-0.15, -0.1) is 24.0 Å². The molecule has 0 spiro atoms. The van der Waals surface area contributed by atoms with Crippen molar-refractivity contribution in [3.8, 4) is 11.5 Å². The SMILES string of the molecule is CN(C)C(=NCc1cc(Cl)c2c(c1)OCCO2)N(C)C.I. The second-order valence-corrected chi connectivity index (χ2v) is 5.41. The molecule has 21 heavy (non-hydrogen) atoms. The molecule has 0 amide bonds. The van der Waals surface area contributed by atoms with Crippen LogP contribution in [0.2, 0.25) is 5.02 Å². The maximum atomic E-state index is 6.21. The normalized spacial score (nSPS) is 12.2. The first kappa shape index (κ1) is 18.2. The molecular weight excluding hydrogens is 405 g/mol. The predicted molar refractivity (Wildman–Crippen MR) is 96.4 cm³/mol. The molecule has 0 atom stereocenters. The Labute approximate surface area is 147 Å². The minimum Gasteiger partial charge on any atom is -0.486 e. The van der Waals surface area contributed by atoms with Crippen LogP contribution in [0.15, 0.2) is 17.1 Å². The van der Waals surface area contributed by atoms with E-state index >= 15 is 0 Å². The number of hydrogen-bond acceptors (Lipinski definition) is 3. The number of fused-ring (bicyclic) bond motifs is 1. The van der Waals surface area contributed by atoms with E-state index in [-0.39, 0.29) is 24.0 Å². The summed E-state index contributed by atoms with van der Waals surface area (Å²) >= 11 is 6.21. The highest BCUT2D eigenvalue weighted by molar-refractivity contribution is 14.0. The lowest BCUT2D eigenvalue weighted by Crippen LogP contribution is -2.35. The summed E-state index contributed by atoms with van der Waals surface area (Å²) in [6.07, 6.45) is 0. The first-order chi connectivity index (χ1) is 9.49. The summed E-state index contributed by atoms with van der Waals surface area (Å²) in [4.78, 5) is 8.54. The monoisotopic (exact) mass is 425 g/mol. The Morgan fingerprint density at radius 1 is 1.14 bits per heavy atom. The molecule has 118 valence electrons. The number of nitrogens with zero attached hydrogens (tertiary/aromatic N) is 3. The summed E-state index contributed by atoms with van der Waals surface area (Å²) in [5, 5.41) is 0.573. The maximum absolute atomic E-state index is 6.21. The Balaban J connectivity index is 0.00000220. The fourth-order valence-corrected chi connectivity index (χ4v) is 2.39. The molecule has 1 heterocycles. The van der Waals surface area contributed by atoms with Gasteiger partial charge >= 0.3 is 0 Å². The van der Waals surface area contributed by atoms with E-state index in [1.165, 1.54) is 0 Å². The zero-order valence-electron chi connectivity index (χ0n) is 12.7. The molecule has 0 bridgehead atoms. The summed E-state index contributed by atoms with van der Waals surface area (Å²) in [5.41, 5.74) is 1.00. The minimum absolute atomic E-state index is 0. The zero-order valence-corrected chi connectivity index (χ0v) is 15.8. The molecular formula is C14H21ClIN3O2. The highest BCUT2D eigenvalue weighted by atomic mass is 127. The predicted octanol–water partition coefficient (Wildman–Crippen LogP) is 2.71. The van der Waals surface area contributed by atoms with Gasteiger partial charge in [-0.1, -0.05) is 11.6 Å². The van der Waals surface area contributed by atoms with E-state index < -0.39 is 0 Å². The van der Waals surface area contributed by atoms with Crippen molar-refractivity contribution in [2.24, 2.45) is 4.99 Å². The lowest BCUT2D eigenvalue weighted by molar-refractivity contribution is 0.171. The van der Waals surface area contributed by atoms with Crippen LogP contribution in [-0.4, -0.2) is 57.2 Å². The molecule has 0 aromatic heterocycles. The third-order valence-electron chi connectivity index (χ3n) is 2.86. The van der Waals surface area contributed by atoms with E-state index in [2.05, 4.69) is 4.99 Å². The van der Waals surface area contributed by atoms with Crippen molar-refractivity contribution in [1.82, 2.24) is 9.80 Å². The van der Waals surface area contributed by atoms with Gasteiger partial charge in [0.1, 0.15) is 13.2 Å². The van der Waals surface area contributed by atoms with E-state index in [1.54, 1.807) is 0 Å². The maximum Gasteiger partial charge on any atom is 0.195 e. The number of benzene rings is 1. The number of aliphatic imine (C=N–C) groups is 1. The van der Waals surface area contributed by atoms with E-state index in [4.69, 9.17) is 21.1 Å². The largest absolute Gasteiger partial charge is 0.486 e. The van der Waals surface area contributed by atoms with Crippen molar-refractivity contribution in [1.29, 1.82) is 0 Å². The van der Waals surface area contributed by atoms with Crippen molar-refractivity contribution < 1.29 is 9.47 Å². The number of ether oxygens (including phenoxy) is 2. The second kappa shape index (κ2) is 7.93. The van der Waals surface area contributed by atoms with Crippen molar-refractivity contribution in [2.45, 2.75) is 6.54 Å². The van der Waals surface area contributed by atoms with Crippen LogP contribution >= 0.6 is 35.6 Å². The molecule has 1 aliphatic heterocycles. The summed E-state index contributed by atoms with van der Waals surface area (Å²) in [6.45, 7) is 1.63. The second-order valence-electron chi connectivity index (χ2n) is 5.01. The van der Waals surface area contributed by atoms with Gasteiger partial charge in [-0.05, 0) is 17.7 Å². The van der Waals surface area contributed by atoms with Gasteiger partial charge in [0, 0.05) is 28.2 Å². The summed E-state index contributed by atoms with van der Waals surface area (Å²) < 4.78 is 11.1. The standard InChI is InChI=1S/C14H20ClN3O2.HI/c1-17(2)14(18(3)4)16-9-10-7-11(15)13-12(8-10)19-5-6-20-13;/h7-8H,5-6,9H2,1-4H3;1H. The van der Waals surface area contributed by atoms with Crippen molar-refractivity contribution in [3.63, 3.8) is 0 Å². The van der Waals surface area contributed by atoms with Crippen LogP contribution in [0.25, 0.3) is 0 Å². The minimum atomic E-state index is 0. The van der Waals surface area contributed by atoms with Gasteiger partial charge < -0.3 is 19.3 Å². The lowest BCUT2D eigenvalue weighted by atomic mass is 10.2. The molecule has 1 aliphatic rings. The summed E-state index contributed by atoms with van der Waals surface area (Å²) in [7, 11) is 7.87. The topological polar surface area (TPSA) is 37.3 Å². The van der Waals surface area contributed by atoms with Crippen LogP contribution in [0.1, 0.15) is 5.56 Å². The van der Waals surface area contributed by atoms with E-state index in [0.717, 1.165) is 11.5 Å². The van der Waals surface area contributed by atoms with Crippen molar-refractivity contribution >= 4 is 41.5 Å². The van der Waals surface area contributed by atoms with Gasteiger partial charge in [-0.3, -0.25) is 0 Å². The molecule has 1 aromatic carbocycles. The molecule has 0 unspecified atom stereocenters. The summed E-state index contributed by atoms with van der Waals surface area (Å²) in [6, 6.07) is 3.81. The van der Waals surface area contributed by atoms with Crippen molar-refractivity contribution in [2.75, 3.05) is 41.4 Å². The molecule has 0 saturated carbocycles. The van der Waals surface area contributed by atoms with Gasteiger partial charge in [0.15, 0.2) is 17.5 Å². The lowest BCUT2D eigenvalue weighted by Gasteiger charge is -2.23. The number of halogens is 2.